The highest BCUT2D eigenvalue weighted by Crippen LogP contribution is 2.30. The van der Waals surface area contributed by atoms with Gasteiger partial charge in [0.15, 0.2) is 0 Å². The molecule has 0 aliphatic heterocycles. The van der Waals surface area contributed by atoms with Crippen LogP contribution in [0.5, 0.6) is 11.5 Å². The molecular weight excluding hydrogens is 330 g/mol. The summed E-state index contributed by atoms with van der Waals surface area (Å²) in [6.07, 6.45) is 0.988. The Hall–Kier alpha value is -1.52. The maximum atomic E-state index is 6.36. The molecule has 0 saturated heterocycles. The number of halogens is 1. The molecular formula is C17H20BrNO2. The molecule has 0 heterocycles. The van der Waals surface area contributed by atoms with E-state index in [1.165, 1.54) is 0 Å². The normalized spacial score (nSPS) is 12.0. The summed E-state index contributed by atoms with van der Waals surface area (Å²) >= 11 is 3.49. The Morgan fingerprint density at radius 1 is 1.14 bits per heavy atom. The second-order valence-corrected chi connectivity index (χ2v) is 5.65. The molecule has 0 bridgehead atoms. The van der Waals surface area contributed by atoms with Gasteiger partial charge in [-0.1, -0.05) is 25.1 Å². The van der Waals surface area contributed by atoms with Crippen LogP contribution in [0.15, 0.2) is 46.9 Å². The molecule has 0 saturated carbocycles. The van der Waals surface area contributed by atoms with Gasteiger partial charge in [0, 0.05) is 0 Å². The molecule has 0 aliphatic carbocycles. The van der Waals surface area contributed by atoms with Crippen LogP contribution in [-0.4, -0.2) is 13.7 Å². The number of methoxy groups -OCH3 is 1. The zero-order chi connectivity index (χ0) is 15.2. The molecule has 21 heavy (non-hydrogen) atoms. The highest BCUT2D eigenvalue weighted by atomic mass is 79.9. The fraction of sp³-hybridized carbons (Fsp3) is 0.294. The van der Waals surface area contributed by atoms with Crippen LogP contribution in [0.2, 0.25) is 0 Å². The number of ether oxygens (including phenoxy) is 2. The van der Waals surface area contributed by atoms with Gasteiger partial charge < -0.3 is 15.2 Å². The molecule has 2 N–H and O–H groups in total. The van der Waals surface area contributed by atoms with Crippen molar-refractivity contribution in [1.82, 2.24) is 0 Å². The second kappa shape index (κ2) is 7.48. The lowest BCUT2D eigenvalue weighted by Crippen LogP contribution is -2.12. The van der Waals surface area contributed by atoms with Crippen LogP contribution in [0.4, 0.5) is 0 Å². The third-order valence-electron chi connectivity index (χ3n) is 3.23. The first-order chi connectivity index (χ1) is 10.2. The van der Waals surface area contributed by atoms with E-state index in [1.807, 2.05) is 42.5 Å². The summed E-state index contributed by atoms with van der Waals surface area (Å²) in [5, 5.41) is 0. The largest absolute Gasteiger partial charge is 0.496 e. The number of hydrogen-bond donors (Lipinski definition) is 1. The topological polar surface area (TPSA) is 44.5 Å². The maximum absolute atomic E-state index is 6.36. The number of benzene rings is 2. The quantitative estimate of drug-likeness (QED) is 0.845. The first-order valence-electron chi connectivity index (χ1n) is 6.97. The fourth-order valence-electron chi connectivity index (χ4n) is 2.09. The van der Waals surface area contributed by atoms with Crippen LogP contribution in [0.25, 0.3) is 0 Å². The van der Waals surface area contributed by atoms with Crippen LogP contribution in [-0.2, 0) is 0 Å². The van der Waals surface area contributed by atoms with Gasteiger partial charge in [0.25, 0.3) is 0 Å². The second-order valence-electron chi connectivity index (χ2n) is 4.79. The van der Waals surface area contributed by atoms with Crippen LogP contribution in [0, 0.1) is 0 Å². The molecule has 2 aromatic rings. The zero-order valence-electron chi connectivity index (χ0n) is 12.3. The summed E-state index contributed by atoms with van der Waals surface area (Å²) in [6, 6.07) is 13.6. The zero-order valence-corrected chi connectivity index (χ0v) is 13.9. The summed E-state index contributed by atoms with van der Waals surface area (Å²) in [5.74, 6) is 1.66. The van der Waals surface area contributed by atoms with E-state index >= 15 is 0 Å². The Bertz CT molecular complexity index is 601. The Labute approximate surface area is 134 Å². The molecule has 0 radical (unpaired) electrons. The van der Waals surface area contributed by atoms with E-state index in [2.05, 4.69) is 22.9 Å². The SMILES string of the molecule is CCCOc1cccc(C(N)c2ccc(OC)c(Br)c2)c1. The Kier molecular flexibility index (Phi) is 5.65. The van der Waals surface area contributed by atoms with Crippen molar-refractivity contribution < 1.29 is 9.47 Å². The summed E-state index contributed by atoms with van der Waals surface area (Å²) in [4.78, 5) is 0. The maximum Gasteiger partial charge on any atom is 0.133 e. The highest BCUT2D eigenvalue weighted by molar-refractivity contribution is 9.10. The van der Waals surface area contributed by atoms with Crippen molar-refractivity contribution in [3.63, 3.8) is 0 Å². The van der Waals surface area contributed by atoms with Crippen LogP contribution in [0.3, 0.4) is 0 Å². The van der Waals surface area contributed by atoms with Crippen LogP contribution < -0.4 is 15.2 Å². The van der Waals surface area contributed by atoms with E-state index < -0.39 is 0 Å². The standard InChI is InChI=1S/C17H20BrNO2/c1-3-9-21-14-6-4-5-12(10-14)17(19)13-7-8-16(20-2)15(18)11-13/h4-8,10-11,17H,3,9,19H2,1-2H3. The first kappa shape index (κ1) is 15.9. The lowest BCUT2D eigenvalue weighted by molar-refractivity contribution is 0.317. The molecule has 2 aromatic carbocycles. The summed E-state index contributed by atoms with van der Waals surface area (Å²) in [6.45, 7) is 2.80. The van der Waals surface area contributed by atoms with E-state index in [0.29, 0.717) is 6.61 Å². The minimum atomic E-state index is -0.197. The molecule has 4 heteroatoms. The Morgan fingerprint density at radius 2 is 1.90 bits per heavy atom. The average molecular weight is 350 g/mol. The molecule has 0 aromatic heterocycles. The van der Waals surface area contributed by atoms with Crippen LogP contribution in [0.1, 0.15) is 30.5 Å². The number of nitrogens with two attached hydrogens (primary N) is 1. The summed E-state index contributed by atoms with van der Waals surface area (Å²) in [5.41, 5.74) is 8.41. The molecule has 112 valence electrons. The average Bonchev–Trinajstić information content (AvgIpc) is 2.52. The molecule has 3 nitrogen and oxygen atoms in total. The van der Waals surface area contributed by atoms with Gasteiger partial charge in [-0.15, -0.1) is 0 Å². The van der Waals surface area contributed by atoms with Crippen LogP contribution >= 0.6 is 15.9 Å². The van der Waals surface area contributed by atoms with Gasteiger partial charge in [-0.3, -0.25) is 0 Å². The lowest BCUT2D eigenvalue weighted by atomic mass is 9.99. The minimum absolute atomic E-state index is 0.197. The Morgan fingerprint density at radius 3 is 2.57 bits per heavy atom. The monoisotopic (exact) mass is 349 g/mol. The molecule has 1 atom stereocenters. The highest BCUT2D eigenvalue weighted by Gasteiger charge is 2.12. The molecule has 2 rings (SSSR count). The first-order valence-corrected chi connectivity index (χ1v) is 7.76. The van der Waals surface area contributed by atoms with Gasteiger partial charge in [-0.25, -0.2) is 0 Å². The summed E-state index contributed by atoms with van der Waals surface area (Å²) < 4.78 is 11.8. The molecule has 0 aliphatic rings. The van der Waals surface area contributed by atoms with Crippen molar-refractivity contribution in [2.75, 3.05) is 13.7 Å². The van der Waals surface area contributed by atoms with E-state index in [1.54, 1.807) is 7.11 Å². The van der Waals surface area contributed by atoms with Gasteiger partial charge in [-0.05, 0) is 57.7 Å². The predicted octanol–water partition coefficient (Wildman–Crippen LogP) is 4.29. The molecule has 0 amide bonds. The van der Waals surface area contributed by atoms with E-state index in [0.717, 1.165) is 33.5 Å². The minimum Gasteiger partial charge on any atom is -0.496 e. The van der Waals surface area contributed by atoms with Crippen molar-refractivity contribution in [1.29, 1.82) is 0 Å². The van der Waals surface area contributed by atoms with E-state index in [9.17, 15) is 0 Å². The molecule has 0 fully saturated rings. The number of rotatable bonds is 6. The van der Waals surface area contributed by atoms with E-state index in [4.69, 9.17) is 15.2 Å². The van der Waals surface area contributed by atoms with Gasteiger partial charge in [-0.2, -0.15) is 0 Å². The van der Waals surface area contributed by atoms with E-state index in [-0.39, 0.29) is 6.04 Å². The lowest BCUT2D eigenvalue weighted by Gasteiger charge is -2.15. The van der Waals surface area contributed by atoms with Crippen molar-refractivity contribution in [3.05, 3.63) is 58.1 Å². The van der Waals surface area contributed by atoms with Gasteiger partial charge in [0.1, 0.15) is 11.5 Å². The fourth-order valence-corrected chi connectivity index (χ4v) is 2.64. The number of hydrogen-bond acceptors (Lipinski definition) is 3. The molecule has 1 unspecified atom stereocenters. The van der Waals surface area contributed by atoms with Crippen molar-refractivity contribution >= 4 is 15.9 Å². The van der Waals surface area contributed by atoms with Gasteiger partial charge >= 0.3 is 0 Å². The Balaban J connectivity index is 2.22. The van der Waals surface area contributed by atoms with Crippen molar-refractivity contribution in [2.45, 2.75) is 19.4 Å². The van der Waals surface area contributed by atoms with Crippen molar-refractivity contribution in [3.8, 4) is 11.5 Å². The smallest absolute Gasteiger partial charge is 0.133 e. The third-order valence-corrected chi connectivity index (χ3v) is 3.84. The molecule has 0 spiro atoms. The van der Waals surface area contributed by atoms with Crippen molar-refractivity contribution in [2.24, 2.45) is 5.73 Å². The third kappa shape index (κ3) is 3.99. The van der Waals surface area contributed by atoms with Gasteiger partial charge in [0.05, 0.1) is 24.2 Å². The predicted molar refractivity (Wildman–Crippen MR) is 89.0 cm³/mol. The summed E-state index contributed by atoms with van der Waals surface area (Å²) in [7, 11) is 1.65. The van der Waals surface area contributed by atoms with Gasteiger partial charge in [0.2, 0.25) is 0 Å².